The van der Waals surface area contributed by atoms with E-state index in [0.29, 0.717) is 53.1 Å². The zero-order chi connectivity index (χ0) is 29.9. The van der Waals surface area contributed by atoms with Crippen LogP contribution in [0.4, 0.5) is 9.18 Å². The van der Waals surface area contributed by atoms with Crippen LogP contribution in [-0.4, -0.2) is 68.2 Å². The Balaban J connectivity index is 1.30. The molecule has 1 saturated carbocycles. The first-order valence-electron chi connectivity index (χ1n) is 14.0. The highest BCUT2D eigenvalue weighted by Gasteiger charge is 2.38. The standard InChI is InChI=1S/C31H35FN6O4/c1-31(2,3)42-30(40)38(4)22-17-23(18-22)41-29-27(19-7-10-21(32)11-8-19)36-25-16-20(9-12-24(25)37-29)28(39)35-13-5-6-26-33-14-15-34-26/h7-12,14-16,22-23H,5-6,13,17-18H2,1-4H3,(H,33,34)(H,35,39). The van der Waals surface area contributed by atoms with Crippen molar-refractivity contribution in [3.63, 3.8) is 0 Å². The van der Waals surface area contributed by atoms with Crippen molar-refractivity contribution in [3.05, 3.63) is 72.1 Å². The molecule has 2 heterocycles. The van der Waals surface area contributed by atoms with Crippen molar-refractivity contribution in [2.75, 3.05) is 13.6 Å². The second-order valence-corrected chi connectivity index (χ2v) is 11.4. The van der Waals surface area contributed by atoms with Gasteiger partial charge in [0.15, 0.2) is 0 Å². The maximum Gasteiger partial charge on any atom is 0.410 e. The zero-order valence-corrected chi connectivity index (χ0v) is 24.2. The topological polar surface area (TPSA) is 122 Å². The van der Waals surface area contributed by atoms with E-state index in [1.807, 2.05) is 20.8 Å². The van der Waals surface area contributed by atoms with E-state index in [-0.39, 0.29) is 30.0 Å². The zero-order valence-electron chi connectivity index (χ0n) is 24.2. The fourth-order valence-corrected chi connectivity index (χ4v) is 4.64. The van der Waals surface area contributed by atoms with Crippen LogP contribution in [-0.2, 0) is 11.2 Å². The van der Waals surface area contributed by atoms with Crippen LogP contribution in [0.1, 0.15) is 56.2 Å². The molecule has 1 aliphatic carbocycles. The van der Waals surface area contributed by atoms with Gasteiger partial charge in [0.1, 0.15) is 29.0 Å². The summed E-state index contributed by atoms with van der Waals surface area (Å²) in [4.78, 5) is 43.6. The van der Waals surface area contributed by atoms with E-state index in [2.05, 4.69) is 15.3 Å². The fraction of sp³-hybridized carbons (Fsp3) is 0.387. The Morgan fingerprint density at radius 2 is 1.86 bits per heavy atom. The van der Waals surface area contributed by atoms with Gasteiger partial charge in [-0.2, -0.15) is 0 Å². The number of carbonyl (C=O) groups is 2. The highest BCUT2D eigenvalue weighted by molar-refractivity contribution is 5.97. The number of aromatic amines is 1. The fourth-order valence-electron chi connectivity index (χ4n) is 4.64. The molecule has 0 saturated heterocycles. The van der Waals surface area contributed by atoms with Gasteiger partial charge in [-0.05, 0) is 69.7 Å². The minimum Gasteiger partial charge on any atom is -0.473 e. The van der Waals surface area contributed by atoms with Crippen molar-refractivity contribution >= 4 is 23.0 Å². The molecule has 220 valence electrons. The molecule has 2 aromatic heterocycles. The van der Waals surface area contributed by atoms with Crippen LogP contribution in [0.5, 0.6) is 5.88 Å². The summed E-state index contributed by atoms with van der Waals surface area (Å²) in [7, 11) is 1.72. The Morgan fingerprint density at radius 1 is 1.10 bits per heavy atom. The van der Waals surface area contributed by atoms with Crippen molar-refractivity contribution < 1.29 is 23.5 Å². The maximum absolute atomic E-state index is 13.7. The molecule has 5 rings (SSSR count). The van der Waals surface area contributed by atoms with Crippen LogP contribution < -0.4 is 10.1 Å². The summed E-state index contributed by atoms with van der Waals surface area (Å²) in [5, 5.41) is 2.93. The number of nitrogens with zero attached hydrogens (tertiary/aromatic N) is 4. The molecule has 0 radical (unpaired) electrons. The van der Waals surface area contributed by atoms with E-state index in [1.54, 1.807) is 54.7 Å². The molecule has 42 heavy (non-hydrogen) atoms. The third-order valence-corrected chi connectivity index (χ3v) is 7.02. The van der Waals surface area contributed by atoms with Crippen molar-refractivity contribution in [2.24, 2.45) is 0 Å². The van der Waals surface area contributed by atoms with Crippen molar-refractivity contribution in [3.8, 4) is 17.1 Å². The molecular weight excluding hydrogens is 539 g/mol. The predicted molar refractivity (Wildman–Crippen MR) is 156 cm³/mol. The number of benzene rings is 2. The van der Waals surface area contributed by atoms with Gasteiger partial charge in [0.25, 0.3) is 5.91 Å². The summed E-state index contributed by atoms with van der Waals surface area (Å²) in [5.74, 6) is 0.612. The number of halogens is 1. The number of imidazole rings is 1. The van der Waals surface area contributed by atoms with Gasteiger partial charge < -0.3 is 24.7 Å². The van der Waals surface area contributed by atoms with Crippen LogP contribution in [0.2, 0.25) is 0 Å². The Labute approximate surface area is 243 Å². The monoisotopic (exact) mass is 574 g/mol. The molecule has 0 unspecified atom stereocenters. The Kier molecular flexibility index (Phi) is 8.37. The minimum atomic E-state index is -0.573. The van der Waals surface area contributed by atoms with Crippen LogP contribution in [0.15, 0.2) is 54.9 Å². The normalized spacial score (nSPS) is 16.5. The average molecular weight is 575 g/mol. The molecule has 2 amide bonds. The molecule has 4 aromatic rings. The first-order valence-corrected chi connectivity index (χ1v) is 14.0. The summed E-state index contributed by atoms with van der Waals surface area (Å²) in [6, 6.07) is 11.1. The van der Waals surface area contributed by atoms with E-state index in [4.69, 9.17) is 19.4 Å². The van der Waals surface area contributed by atoms with Crippen molar-refractivity contribution in [1.29, 1.82) is 0 Å². The molecule has 0 bridgehead atoms. The number of hydrogen-bond acceptors (Lipinski definition) is 7. The highest BCUT2D eigenvalue weighted by Crippen LogP contribution is 2.35. The number of aryl methyl sites for hydroxylation is 1. The largest absolute Gasteiger partial charge is 0.473 e. The SMILES string of the molecule is CN(C(=O)OC(C)(C)C)C1CC(Oc2nc3ccc(C(=O)NCCCc4ncc[nH]4)cc3nc2-c2ccc(F)cc2)C1. The Morgan fingerprint density at radius 3 is 2.55 bits per heavy atom. The molecule has 2 N–H and O–H groups in total. The number of amides is 2. The summed E-state index contributed by atoms with van der Waals surface area (Å²) < 4.78 is 25.5. The van der Waals surface area contributed by atoms with Crippen LogP contribution in [0.3, 0.4) is 0 Å². The number of rotatable bonds is 9. The van der Waals surface area contributed by atoms with Crippen LogP contribution in [0.25, 0.3) is 22.3 Å². The molecule has 10 nitrogen and oxygen atoms in total. The first kappa shape index (κ1) is 29.0. The Hall–Kier alpha value is -4.54. The molecule has 1 aliphatic rings. The van der Waals surface area contributed by atoms with Gasteiger partial charge in [0, 0.05) is 62.4 Å². The number of nitrogens with one attached hydrogen (secondary N) is 2. The number of hydrogen-bond donors (Lipinski definition) is 2. The molecule has 11 heteroatoms. The van der Waals surface area contributed by atoms with Gasteiger partial charge in [0.05, 0.1) is 11.0 Å². The van der Waals surface area contributed by atoms with Gasteiger partial charge in [-0.25, -0.2) is 24.1 Å². The third kappa shape index (κ3) is 7.02. The van der Waals surface area contributed by atoms with Crippen molar-refractivity contribution in [1.82, 2.24) is 30.2 Å². The maximum atomic E-state index is 13.7. The molecule has 0 atom stereocenters. The van der Waals surface area contributed by atoms with E-state index >= 15 is 0 Å². The second-order valence-electron chi connectivity index (χ2n) is 11.4. The van der Waals surface area contributed by atoms with Crippen molar-refractivity contribution in [2.45, 2.75) is 64.2 Å². The van der Waals surface area contributed by atoms with E-state index < -0.39 is 5.60 Å². The summed E-state index contributed by atoms with van der Waals surface area (Å²) in [6.07, 6.45) is 5.62. The lowest BCUT2D eigenvalue weighted by Crippen LogP contribution is -2.51. The van der Waals surface area contributed by atoms with Gasteiger partial charge in [-0.1, -0.05) is 0 Å². The lowest BCUT2D eigenvalue weighted by atomic mass is 9.88. The number of H-pyrrole nitrogens is 1. The number of aromatic nitrogens is 4. The number of carbonyl (C=O) groups excluding carboxylic acids is 2. The summed E-state index contributed by atoms with van der Waals surface area (Å²) in [6.45, 7) is 6.00. The van der Waals surface area contributed by atoms with Gasteiger partial charge in [-0.3, -0.25) is 4.79 Å². The lowest BCUT2D eigenvalue weighted by Gasteiger charge is -2.41. The molecule has 2 aromatic carbocycles. The Bertz CT molecular complexity index is 1550. The van der Waals surface area contributed by atoms with Gasteiger partial charge in [0.2, 0.25) is 5.88 Å². The highest BCUT2D eigenvalue weighted by atomic mass is 19.1. The van der Waals surface area contributed by atoms with E-state index in [9.17, 15) is 14.0 Å². The summed E-state index contributed by atoms with van der Waals surface area (Å²) >= 11 is 0. The molecular formula is C31H35FN6O4. The average Bonchev–Trinajstić information content (AvgIpc) is 3.45. The van der Waals surface area contributed by atoms with Gasteiger partial charge >= 0.3 is 6.09 Å². The quantitative estimate of drug-likeness (QED) is 0.260. The van der Waals surface area contributed by atoms with E-state index in [1.165, 1.54) is 12.1 Å². The number of ether oxygens (including phenoxy) is 2. The minimum absolute atomic E-state index is 0.0207. The number of fused-ring (bicyclic) bond motifs is 1. The lowest BCUT2D eigenvalue weighted by molar-refractivity contribution is -0.00953. The predicted octanol–water partition coefficient (Wildman–Crippen LogP) is 5.30. The molecule has 0 aliphatic heterocycles. The third-order valence-electron chi connectivity index (χ3n) is 7.02. The van der Waals surface area contributed by atoms with Crippen LogP contribution in [0, 0.1) is 5.82 Å². The first-order chi connectivity index (χ1) is 20.1. The second kappa shape index (κ2) is 12.1. The van der Waals surface area contributed by atoms with Crippen LogP contribution >= 0.6 is 0 Å². The van der Waals surface area contributed by atoms with Gasteiger partial charge in [-0.15, -0.1) is 0 Å². The molecule has 0 spiro atoms. The molecule has 1 fully saturated rings. The van der Waals surface area contributed by atoms with E-state index in [0.717, 1.165) is 18.7 Å². The smallest absolute Gasteiger partial charge is 0.410 e. The summed E-state index contributed by atoms with van der Waals surface area (Å²) in [5.41, 5.74) is 2.04.